The number of rotatable bonds is 9. The van der Waals surface area contributed by atoms with Crippen LogP contribution in [-0.2, 0) is 4.79 Å². The van der Waals surface area contributed by atoms with Crippen molar-refractivity contribution in [1.29, 1.82) is 0 Å². The number of hydrogen-bond donors (Lipinski definition) is 3. The molecule has 0 saturated carbocycles. The summed E-state index contributed by atoms with van der Waals surface area (Å²) in [4.78, 5) is 24.9. The maximum Gasteiger partial charge on any atom is 0.326 e. The van der Waals surface area contributed by atoms with Crippen molar-refractivity contribution in [3.8, 4) is 0 Å². The second kappa shape index (κ2) is 9.61. The molecule has 6 nitrogen and oxygen atoms in total. The van der Waals surface area contributed by atoms with Crippen LogP contribution in [0, 0.1) is 5.92 Å². The molecular formula is C13H27N3O3. The summed E-state index contributed by atoms with van der Waals surface area (Å²) in [6.45, 7) is 11.0. The number of carbonyl (C=O) groups excluding carboxylic acids is 1. The lowest BCUT2D eigenvalue weighted by atomic mass is 9.99. The van der Waals surface area contributed by atoms with Crippen molar-refractivity contribution in [2.45, 2.75) is 40.2 Å². The highest BCUT2D eigenvalue weighted by Crippen LogP contribution is 2.07. The number of likely N-dealkylation sites (N-methyl/N-ethyl adjacent to an activating group) is 1. The summed E-state index contributed by atoms with van der Waals surface area (Å²) in [5.41, 5.74) is 0. The van der Waals surface area contributed by atoms with E-state index in [-0.39, 0.29) is 5.92 Å². The van der Waals surface area contributed by atoms with Gasteiger partial charge in [0.1, 0.15) is 6.04 Å². The Hall–Kier alpha value is -1.30. The number of carboxylic acids is 1. The highest BCUT2D eigenvalue weighted by Gasteiger charge is 2.24. The Kier molecular flexibility index (Phi) is 8.95. The lowest BCUT2D eigenvalue weighted by molar-refractivity contribution is -0.140. The smallest absolute Gasteiger partial charge is 0.326 e. The number of carbonyl (C=O) groups is 2. The van der Waals surface area contributed by atoms with Gasteiger partial charge in [-0.2, -0.15) is 0 Å². The van der Waals surface area contributed by atoms with Gasteiger partial charge in [-0.05, 0) is 19.0 Å². The van der Waals surface area contributed by atoms with Crippen LogP contribution in [0.2, 0.25) is 0 Å². The summed E-state index contributed by atoms with van der Waals surface area (Å²) >= 11 is 0. The van der Waals surface area contributed by atoms with Crippen LogP contribution in [0.4, 0.5) is 4.79 Å². The van der Waals surface area contributed by atoms with Crippen molar-refractivity contribution < 1.29 is 14.7 Å². The number of nitrogens with one attached hydrogen (secondary N) is 2. The quantitative estimate of drug-likeness (QED) is 0.588. The molecule has 0 saturated heterocycles. The lowest BCUT2D eigenvalue weighted by Crippen LogP contribution is -2.50. The van der Waals surface area contributed by atoms with Gasteiger partial charge in [0, 0.05) is 13.1 Å². The van der Waals surface area contributed by atoms with Gasteiger partial charge in [0.2, 0.25) is 0 Å². The maximum atomic E-state index is 11.6. The summed E-state index contributed by atoms with van der Waals surface area (Å²) < 4.78 is 0. The van der Waals surface area contributed by atoms with Gasteiger partial charge in [0.25, 0.3) is 0 Å². The fraction of sp³-hybridized carbons (Fsp3) is 0.846. The van der Waals surface area contributed by atoms with E-state index in [4.69, 9.17) is 5.11 Å². The fourth-order valence-electron chi connectivity index (χ4n) is 1.74. The first-order valence-corrected chi connectivity index (χ1v) is 6.95. The minimum atomic E-state index is -0.992. The normalized spacial score (nSPS) is 13.9. The van der Waals surface area contributed by atoms with Crippen molar-refractivity contribution in [1.82, 2.24) is 15.5 Å². The van der Waals surface area contributed by atoms with Crippen LogP contribution in [0.15, 0.2) is 0 Å². The molecule has 0 bridgehead atoms. The lowest BCUT2D eigenvalue weighted by Gasteiger charge is -2.21. The molecule has 2 atom stereocenters. The van der Waals surface area contributed by atoms with Gasteiger partial charge < -0.3 is 20.6 Å². The van der Waals surface area contributed by atoms with Crippen LogP contribution in [0.5, 0.6) is 0 Å². The monoisotopic (exact) mass is 273 g/mol. The molecule has 2 amide bonds. The first-order valence-electron chi connectivity index (χ1n) is 6.95. The first-order chi connectivity index (χ1) is 8.96. The molecule has 0 heterocycles. The number of carboxylic acid groups (broad SMARTS) is 1. The molecule has 0 aromatic heterocycles. The van der Waals surface area contributed by atoms with Gasteiger partial charge in [-0.15, -0.1) is 0 Å². The van der Waals surface area contributed by atoms with Crippen molar-refractivity contribution in [2.75, 3.05) is 26.2 Å². The van der Waals surface area contributed by atoms with Gasteiger partial charge >= 0.3 is 12.0 Å². The van der Waals surface area contributed by atoms with E-state index in [2.05, 4.69) is 29.4 Å². The highest BCUT2D eigenvalue weighted by atomic mass is 16.4. The predicted octanol–water partition coefficient (Wildman–Crippen LogP) is 1.13. The van der Waals surface area contributed by atoms with Crippen molar-refractivity contribution in [3.63, 3.8) is 0 Å². The summed E-state index contributed by atoms with van der Waals surface area (Å²) in [5, 5.41) is 14.3. The Morgan fingerprint density at radius 3 is 2.21 bits per heavy atom. The Morgan fingerprint density at radius 2 is 1.79 bits per heavy atom. The molecule has 0 rings (SSSR count). The van der Waals surface area contributed by atoms with E-state index in [0.717, 1.165) is 19.6 Å². The molecule has 0 unspecified atom stereocenters. The number of amides is 2. The topological polar surface area (TPSA) is 81.7 Å². The minimum Gasteiger partial charge on any atom is -0.480 e. The van der Waals surface area contributed by atoms with Gasteiger partial charge in [-0.3, -0.25) is 0 Å². The third-order valence-corrected chi connectivity index (χ3v) is 3.37. The summed E-state index contributed by atoms with van der Waals surface area (Å²) in [6, 6.07) is -1.25. The number of urea groups is 1. The highest BCUT2D eigenvalue weighted by molar-refractivity contribution is 5.82. The van der Waals surface area contributed by atoms with Gasteiger partial charge in [0.05, 0.1) is 0 Å². The molecule has 19 heavy (non-hydrogen) atoms. The summed E-state index contributed by atoms with van der Waals surface area (Å²) in [7, 11) is 0. The average molecular weight is 273 g/mol. The SMILES string of the molecule is CC[C@H](C)[C@H](NC(=O)NCCN(CC)CC)C(=O)O. The molecule has 0 aromatic carbocycles. The molecule has 3 N–H and O–H groups in total. The van der Waals surface area contributed by atoms with Crippen LogP contribution in [0.3, 0.4) is 0 Å². The second-order valence-electron chi connectivity index (χ2n) is 4.63. The molecule has 0 radical (unpaired) electrons. The summed E-state index contributed by atoms with van der Waals surface area (Å²) in [5.74, 6) is -1.08. The zero-order chi connectivity index (χ0) is 14.8. The van der Waals surface area contributed by atoms with Gasteiger partial charge in [-0.1, -0.05) is 34.1 Å². The Labute approximate surface area is 115 Å². The third kappa shape index (κ3) is 7.00. The van der Waals surface area contributed by atoms with E-state index in [9.17, 15) is 9.59 Å². The standard InChI is InChI=1S/C13H27N3O3/c1-5-10(4)11(12(17)18)15-13(19)14-8-9-16(6-2)7-3/h10-11H,5-9H2,1-4H3,(H,17,18)(H2,14,15,19)/t10-,11-/m0/s1. The molecule has 0 aromatic rings. The molecule has 0 spiro atoms. The average Bonchev–Trinajstić information content (AvgIpc) is 2.39. The zero-order valence-electron chi connectivity index (χ0n) is 12.4. The van der Waals surface area contributed by atoms with E-state index in [0.29, 0.717) is 13.0 Å². The van der Waals surface area contributed by atoms with E-state index in [1.807, 2.05) is 13.8 Å². The second-order valence-corrected chi connectivity index (χ2v) is 4.63. The molecule has 112 valence electrons. The van der Waals surface area contributed by atoms with E-state index < -0.39 is 18.0 Å². The number of aliphatic carboxylic acids is 1. The first kappa shape index (κ1) is 17.7. The Balaban J connectivity index is 4.10. The molecule has 6 heteroatoms. The molecule has 0 aliphatic carbocycles. The van der Waals surface area contributed by atoms with Crippen molar-refractivity contribution in [2.24, 2.45) is 5.92 Å². The molecule has 0 aliphatic rings. The van der Waals surface area contributed by atoms with Crippen molar-refractivity contribution in [3.05, 3.63) is 0 Å². The fourth-order valence-corrected chi connectivity index (χ4v) is 1.74. The van der Waals surface area contributed by atoms with E-state index >= 15 is 0 Å². The minimum absolute atomic E-state index is 0.0916. The van der Waals surface area contributed by atoms with Crippen molar-refractivity contribution >= 4 is 12.0 Å². The maximum absolute atomic E-state index is 11.6. The van der Waals surface area contributed by atoms with Crippen LogP contribution >= 0.6 is 0 Å². The molecule has 0 aliphatic heterocycles. The zero-order valence-corrected chi connectivity index (χ0v) is 12.4. The van der Waals surface area contributed by atoms with Gasteiger partial charge in [0.15, 0.2) is 0 Å². The third-order valence-electron chi connectivity index (χ3n) is 3.37. The number of hydrogen-bond acceptors (Lipinski definition) is 3. The molecular weight excluding hydrogens is 246 g/mol. The van der Waals surface area contributed by atoms with E-state index in [1.54, 1.807) is 0 Å². The van der Waals surface area contributed by atoms with Crippen LogP contribution in [0.1, 0.15) is 34.1 Å². The number of nitrogens with zero attached hydrogens (tertiary/aromatic N) is 1. The summed E-state index contributed by atoms with van der Waals surface area (Å²) in [6.07, 6.45) is 0.705. The van der Waals surface area contributed by atoms with E-state index in [1.165, 1.54) is 0 Å². The Bertz CT molecular complexity index is 280. The van der Waals surface area contributed by atoms with Crippen LogP contribution in [-0.4, -0.2) is 54.2 Å². The van der Waals surface area contributed by atoms with Crippen LogP contribution < -0.4 is 10.6 Å². The largest absolute Gasteiger partial charge is 0.480 e. The van der Waals surface area contributed by atoms with Crippen LogP contribution in [0.25, 0.3) is 0 Å². The predicted molar refractivity (Wildman–Crippen MR) is 75.2 cm³/mol. The molecule has 0 fully saturated rings. The van der Waals surface area contributed by atoms with Gasteiger partial charge in [-0.25, -0.2) is 9.59 Å². The Morgan fingerprint density at radius 1 is 1.21 bits per heavy atom.